The summed E-state index contributed by atoms with van der Waals surface area (Å²) in [4.78, 5) is 26.6. The lowest BCUT2D eigenvalue weighted by molar-refractivity contribution is 1.12. The standard InChI is InChI=1S/C13H11ClN4O.C2H6/c1-3-8(4-6-15-2)12-17-10-9(13(19)18-12)5-7-16-11(10)14;1-2/h3-7H,2H2,1H3,(H,17,18,19);1-2H3/b6-4-,8-3+;. The Bertz CT molecular complexity index is 747. The number of allylic oxidation sites excluding steroid dienone is 3. The number of halogens is 1. The summed E-state index contributed by atoms with van der Waals surface area (Å²) < 4.78 is 0. The summed E-state index contributed by atoms with van der Waals surface area (Å²) in [7, 11) is 0. The fraction of sp³-hybridized carbons (Fsp3) is 0.200. The summed E-state index contributed by atoms with van der Waals surface area (Å²) in [5.41, 5.74) is 0.831. The van der Waals surface area contributed by atoms with E-state index in [0.717, 1.165) is 0 Å². The molecule has 0 saturated carbocycles. The van der Waals surface area contributed by atoms with Crippen LogP contribution < -0.4 is 5.56 Å². The van der Waals surface area contributed by atoms with Gasteiger partial charge in [0.1, 0.15) is 11.3 Å². The van der Waals surface area contributed by atoms with E-state index in [9.17, 15) is 4.79 Å². The first-order chi connectivity index (χ1) is 10.2. The van der Waals surface area contributed by atoms with Crippen molar-refractivity contribution in [2.75, 3.05) is 0 Å². The average Bonchev–Trinajstić information content (AvgIpc) is 2.51. The van der Waals surface area contributed by atoms with Gasteiger partial charge in [-0.3, -0.25) is 9.79 Å². The number of aromatic nitrogens is 3. The van der Waals surface area contributed by atoms with E-state index in [0.29, 0.717) is 22.3 Å². The van der Waals surface area contributed by atoms with Crippen LogP contribution in [0.25, 0.3) is 16.5 Å². The summed E-state index contributed by atoms with van der Waals surface area (Å²) in [6.45, 7) is 9.19. The Kier molecular flexibility index (Phi) is 6.49. The van der Waals surface area contributed by atoms with Crippen molar-refractivity contribution in [1.82, 2.24) is 15.0 Å². The zero-order valence-electron chi connectivity index (χ0n) is 12.2. The van der Waals surface area contributed by atoms with E-state index >= 15 is 0 Å². The molecule has 2 aromatic heterocycles. The third-order valence-corrected chi connectivity index (χ3v) is 2.80. The highest BCUT2D eigenvalue weighted by Crippen LogP contribution is 2.18. The number of H-pyrrole nitrogens is 1. The van der Waals surface area contributed by atoms with Gasteiger partial charge in [-0.15, -0.1) is 0 Å². The molecule has 2 rings (SSSR count). The topological polar surface area (TPSA) is 71.0 Å². The third-order valence-electron chi connectivity index (χ3n) is 2.52. The van der Waals surface area contributed by atoms with Crippen molar-refractivity contribution in [2.45, 2.75) is 20.8 Å². The van der Waals surface area contributed by atoms with Gasteiger partial charge in [0.25, 0.3) is 5.56 Å². The predicted octanol–water partition coefficient (Wildman–Crippen LogP) is 3.62. The number of nitrogens with zero attached hydrogens (tertiary/aromatic N) is 3. The van der Waals surface area contributed by atoms with Gasteiger partial charge in [0, 0.05) is 18.0 Å². The van der Waals surface area contributed by atoms with E-state index in [1.54, 1.807) is 18.2 Å². The summed E-state index contributed by atoms with van der Waals surface area (Å²) in [6.07, 6.45) is 6.49. The largest absolute Gasteiger partial charge is 0.306 e. The van der Waals surface area contributed by atoms with E-state index in [1.807, 2.05) is 20.8 Å². The van der Waals surface area contributed by atoms with Crippen molar-refractivity contribution in [3.05, 3.63) is 51.9 Å². The fourth-order valence-corrected chi connectivity index (χ4v) is 1.81. The van der Waals surface area contributed by atoms with Crippen LogP contribution >= 0.6 is 11.6 Å². The first-order valence-electron chi connectivity index (χ1n) is 6.51. The lowest BCUT2D eigenvalue weighted by Crippen LogP contribution is -2.11. The molecule has 6 heteroatoms. The number of nitrogens with one attached hydrogen (secondary N) is 1. The summed E-state index contributed by atoms with van der Waals surface area (Å²) in [5.74, 6) is 0.412. The lowest BCUT2D eigenvalue weighted by atomic mass is 10.2. The van der Waals surface area contributed by atoms with Crippen molar-refractivity contribution in [2.24, 2.45) is 4.99 Å². The predicted molar refractivity (Wildman–Crippen MR) is 88.9 cm³/mol. The van der Waals surface area contributed by atoms with Gasteiger partial charge >= 0.3 is 0 Å². The van der Waals surface area contributed by atoms with Crippen LogP contribution in [0.5, 0.6) is 0 Å². The van der Waals surface area contributed by atoms with Gasteiger partial charge in [-0.2, -0.15) is 0 Å². The Labute approximate surface area is 128 Å². The molecule has 0 bridgehead atoms. The van der Waals surface area contributed by atoms with Crippen LogP contribution in [0.3, 0.4) is 0 Å². The normalized spacial score (nSPS) is 11.3. The molecular weight excluding hydrogens is 288 g/mol. The van der Waals surface area contributed by atoms with Crippen LogP contribution in [0.4, 0.5) is 0 Å². The summed E-state index contributed by atoms with van der Waals surface area (Å²) in [6, 6.07) is 1.58. The second-order valence-corrected chi connectivity index (χ2v) is 4.01. The molecule has 5 nitrogen and oxygen atoms in total. The van der Waals surface area contributed by atoms with Crippen molar-refractivity contribution in [3.63, 3.8) is 0 Å². The van der Waals surface area contributed by atoms with Crippen molar-refractivity contribution in [1.29, 1.82) is 0 Å². The highest BCUT2D eigenvalue weighted by Gasteiger charge is 2.09. The van der Waals surface area contributed by atoms with Gasteiger partial charge in [-0.05, 0) is 25.8 Å². The first kappa shape index (κ1) is 16.8. The van der Waals surface area contributed by atoms with Crippen molar-refractivity contribution >= 4 is 34.8 Å². The molecule has 0 radical (unpaired) electrons. The van der Waals surface area contributed by atoms with Crippen LogP contribution in [0.1, 0.15) is 26.6 Å². The Morgan fingerprint density at radius 2 is 2.19 bits per heavy atom. The Hall–Kier alpha value is -2.27. The minimum absolute atomic E-state index is 0.200. The number of rotatable bonds is 3. The molecule has 0 saturated heterocycles. The molecule has 0 fully saturated rings. The van der Waals surface area contributed by atoms with Crippen LogP contribution in [0.2, 0.25) is 5.15 Å². The third kappa shape index (κ3) is 3.86. The maximum absolute atomic E-state index is 12.0. The molecule has 2 heterocycles. The van der Waals surface area contributed by atoms with Crippen LogP contribution in [-0.2, 0) is 0 Å². The molecular formula is C15H17ClN4O. The lowest BCUT2D eigenvalue weighted by Gasteiger charge is -2.04. The van der Waals surface area contributed by atoms with Crippen LogP contribution in [0.15, 0.2) is 40.4 Å². The number of hydrogen-bond acceptors (Lipinski definition) is 4. The number of hydrogen-bond donors (Lipinski definition) is 1. The quantitative estimate of drug-likeness (QED) is 0.535. The SMILES string of the molecule is C=N/C=C\C(=C/C)c1nc2c(Cl)nccc2c(=O)[nH]1.CC. The van der Waals surface area contributed by atoms with Crippen LogP contribution in [0, 0.1) is 0 Å². The highest BCUT2D eigenvalue weighted by molar-refractivity contribution is 6.33. The molecule has 0 spiro atoms. The zero-order chi connectivity index (χ0) is 15.8. The maximum Gasteiger partial charge on any atom is 0.259 e. The molecule has 0 aromatic carbocycles. The van der Waals surface area contributed by atoms with Gasteiger partial charge in [-0.25, -0.2) is 9.97 Å². The number of fused-ring (bicyclic) bond motifs is 1. The van der Waals surface area contributed by atoms with Gasteiger partial charge in [-0.1, -0.05) is 31.5 Å². The van der Waals surface area contributed by atoms with Gasteiger partial charge in [0.15, 0.2) is 5.15 Å². The van der Waals surface area contributed by atoms with E-state index in [1.165, 1.54) is 12.4 Å². The van der Waals surface area contributed by atoms with E-state index < -0.39 is 0 Å². The van der Waals surface area contributed by atoms with Gasteiger partial charge in [0.2, 0.25) is 0 Å². The van der Waals surface area contributed by atoms with Crippen LogP contribution in [-0.4, -0.2) is 21.7 Å². The smallest absolute Gasteiger partial charge is 0.259 e. The summed E-state index contributed by atoms with van der Waals surface area (Å²) >= 11 is 5.96. The van der Waals surface area contributed by atoms with Gasteiger partial charge in [0.05, 0.1) is 5.39 Å². The summed E-state index contributed by atoms with van der Waals surface area (Å²) in [5, 5.41) is 0.608. The number of aliphatic imine (C=N–C) groups is 1. The minimum atomic E-state index is -0.261. The van der Waals surface area contributed by atoms with E-state index in [2.05, 4.69) is 26.7 Å². The molecule has 1 N–H and O–H groups in total. The molecule has 0 aliphatic heterocycles. The zero-order valence-corrected chi connectivity index (χ0v) is 13.0. The average molecular weight is 305 g/mol. The Morgan fingerprint density at radius 1 is 1.48 bits per heavy atom. The van der Waals surface area contributed by atoms with E-state index in [4.69, 9.17) is 11.6 Å². The monoisotopic (exact) mass is 304 g/mol. The minimum Gasteiger partial charge on any atom is -0.306 e. The van der Waals surface area contributed by atoms with Crippen molar-refractivity contribution < 1.29 is 0 Å². The second kappa shape index (κ2) is 8.11. The number of pyridine rings is 1. The Morgan fingerprint density at radius 3 is 2.81 bits per heavy atom. The molecule has 0 amide bonds. The molecule has 2 aromatic rings. The molecule has 0 unspecified atom stereocenters. The second-order valence-electron chi connectivity index (χ2n) is 3.65. The van der Waals surface area contributed by atoms with Gasteiger partial charge < -0.3 is 4.98 Å². The maximum atomic E-state index is 12.0. The first-order valence-corrected chi connectivity index (χ1v) is 6.88. The highest BCUT2D eigenvalue weighted by atomic mass is 35.5. The molecule has 0 aliphatic carbocycles. The fourth-order valence-electron chi connectivity index (χ4n) is 1.61. The Balaban J connectivity index is 0.00000106. The van der Waals surface area contributed by atoms with E-state index in [-0.39, 0.29) is 10.7 Å². The molecule has 0 aliphatic rings. The molecule has 21 heavy (non-hydrogen) atoms. The number of aromatic amines is 1. The van der Waals surface area contributed by atoms with Crippen molar-refractivity contribution in [3.8, 4) is 0 Å². The molecule has 0 atom stereocenters. The molecule has 110 valence electrons.